The minimum absolute atomic E-state index is 1.26. The second-order valence-corrected chi connectivity index (χ2v) is 10.7. The third-order valence-electron chi connectivity index (χ3n) is 7.31. The smallest absolute Gasteiger partial charge is 0.0396 e. The number of unbranched alkanes of at least 4 members (excludes halogenated alkanes) is 18. The molecule has 0 aliphatic heterocycles. The summed E-state index contributed by atoms with van der Waals surface area (Å²) in [6.45, 7) is 4.61. The summed E-state index contributed by atoms with van der Waals surface area (Å²) in [7, 11) is 4.42. The number of aryl methyl sites for hydroxylation is 1. The van der Waals surface area contributed by atoms with Gasteiger partial charge in [0.05, 0.1) is 0 Å². The van der Waals surface area contributed by atoms with Crippen molar-refractivity contribution in [1.29, 1.82) is 0 Å². The van der Waals surface area contributed by atoms with Crippen molar-refractivity contribution in [3.8, 4) is 0 Å². The molecule has 0 aliphatic carbocycles. The van der Waals surface area contributed by atoms with Crippen LogP contribution in [0.4, 0.5) is 5.69 Å². The van der Waals surface area contributed by atoms with Crippen molar-refractivity contribution in [3.63, 3.8) is 0 Å². The van der Waals surface area contributed by atoms with Crippen molar-refractivity contribution < 1.29 is 0 Å². The van der Waals surface area contributed by atoms with Crippen LogP contribution in [-0.4, -0.2) is 14.1 Å². The Morgan fingerprint density at radius 1 is 0.485 bits per heavy atom. The summed E-state index contributed by atoms with van der Waals surface area (Å²) >= 11 is 0. The van der Waals surface area contributed by atoms with Gasteiger partial charge < -0.3 is 4.90 Å². The fourth-order valence-electron chi connectivity index (χ4n) is 5.16. The zero-order valence-electron chi connectivity index (χ0n) is 23.2. The first-order valence-electron chi connectivity index (χ1n) is 15.0. The van der Waals surface area contributed by atoms with E-state index >= 15 is 0 Å². The average Bonchev–Trinajstić information content (AvgIpc) is 2.81. The van der Waals surface area contributed by atoms with Crippen LogP contribution in [0, 0.1) is 0 Å². The Balaban J connectivity index is 2.28. The highest BCUT2D eigenvalue weighted by atomic mass is 15.1. The molecule has 0 saturated carbocycles. The van der Waals surface area contributed by atoms with Crippen LogP contribution in [0.1, 0.15) is 153 Å². The highest BCUT2D eigenvalue weighted by Gasteiger charge is 2.10. The second kappa shape index (κ2) is 21.5. The van der Waals surface area contributed by atoms with Crippen molar-refractivity contribution in [1.82, 2.24) is 0 Å². The zero-order valence-corrected chi connectivity index (χ0v) is 23.2. The summed E-state index contributed by atoms with van der Waals surface area (Å²) in [6, 6.07) is 7.02. The molecule has 1 nitrogen and oxygen atoms in total. The Kier molecular flexibility index (Phi) is 19.6. The Morgan fingerprint density at radius 2 is 0.879 bits per heavy atom. The van der Waals surface area contributed by atoms with E-state index in [-0.39, 0.29) is 0 Å². The van der Waals surface area contributed by atoms with Crippen LogP contribution in [0.5, 0.6) is 0 Å². The Bertz CT molecular complexity index is 547. The van der Waals surface area contributed by atoms with E-state index in [1.54, 1.807) is 11.1 Å². The largest absolute Gasteiger partial charge is 0.377 e. The van der Waals surface area contributed by atoms with E-state index in [4.69, 9.17) is 0 Å². The summed E-state index contributed by atoms with van der Waals surface area (Å²) in [4.78, 5) is 2.33. The van der Waals surface area contributed by atoms with Crippen molar-refractivity contribution in [2.24, 2.45) is 0 Å². The van der Waals surface area contributed by atoms with E-state index in [0.29, 0.717) is 0 Å². The first kappa shape index (κ1) is 30.1. The highest BCUT2D eigenvalue weighted by Crippen LogP contribution is 2.27. The molecule has 0 aromatic heterocycles. The van der Waals surface area contributed by atoms with Gasteiger partial charge in [-0.25, -0.2) is 0 Å². The molecule has 0 aliphatic rings. The van der Waals surface area contributed by atoms with Gasteiger partial charge in [-0.15, -0.1) is 0 Å². The van der Waals surface area contributed by atoms with Crippen LogP contribution in [0.15, 0.2) is 18.2 Å². The number of rotatable bonds is 23. The normalized spacial score (nSPS) is 11.3. The van der Waals surface area contributed by atoms with Gasteiger partial charge in [0.1, 0.15) is 0 Å². The van der Waals surface area contributed by atoms with E-state index in [0.717, 1.165) is 0 Å². The van der Waals surface area contributed by atoms with Crippen LogP contribution < -0.4 is 4.90 Å². The van der Waals surface area contributed by atoms with E-state index in [1.165, 1.54) is 147 Å². The highest BCUT2D eigenvalue weighted by molar-refractivity contribution is 5.56. The van der Waals surface area contributed by atoms with Crippen molar-refractivity contribution >= 4 is 5.69 Å². The topological polar surface area (TPSA) is 3.24 Å². The first-order valence-corrected chi connectivity index (χ1v) is 15.0. The quantitative estimate of drug-likeness (QED) is 0.148. The third-order valence-corrected chi connectivity index (χ3v) is 7.31. The summed E-state index contributed by atoms with van der Waals surface area (Å²) in [5.74, 6) is 0. The maximum atomic E-state index is 2.41. The minimum Gasteiger partial charge on any atom is -0.377 e. The minimum atomic E-state index is 1.26. The molecule has 0 heterocycles. The molecule has 0 radical (unpaired) electrons. The van der Waals surface area contributed by atoms with E-state index in [1.807, 2.05) is 0 Å². The van der Waals surface area contributed by atoms with Gasteiger partial charge in [-0.3, -0.25) is 0 Å². The summed E-state index contributed by atoms with van der Waals surface area (Å²) in [6.07, 6.45) is 30.9. The van der Waals surface area contributed by atoms with Crippen molar-refractivity contribution in [2.75, 3.05) is 19.0 Å². The molecule has 0 unspecified atom stereocenters. The lowest BCUT2D eigenvalue weighted by Gasteiger charge is -2.21. The van der Waals surface area contributed by atoms with Gasteiger partial charge in [0.2, 0.25) is 0 Å². The van der Waals surface area contributed by atoms with Gasteiger partial charge in [0.15, 0.2) is 0 Å². The molecule has 0 amide bonds. The van der Waals surface area contributed by atoms with Crippen LogP contribution >= 0.6 is 0 Å². The van der Waals surface area contributed by atoms with Gasteiger partial charge in [-0.05, 0) is 42.9 Å². The lowest BCUT2D eigenvalue weighted by molar-refractivity contribution is 0.553. The predicted octanol–water partition coefficient (Wildman–Crippen LogP) is 10.7. The SMILES string of the molecule is CCCCCCCCCCCCc1cccc(N(C)C)c1CCCCCCCCCCCC. The lowest BCUT2D eigenvalue weighted by atomic mass is 9.94. The van der Waals surface area contributed by atoms with Crippen molar-refractivity contribution in [3.05, 3.63) is 29.3 Å². The van der Waals surface area contributed by atoms with Gasteiger partial charge in [0.25, 0.3) is 0 Å². The van der Waals surface area contributed by atoms with Gasteiger partial charge in [0, 0.05) is 19.8 Å². The van der Waals surface area contributed by atoms with Gasteiger partial charge in [-0.1, -0.05) is 142 Å². The van der Waals surface area contributed by atoms with Crippen LogP contribution in [-0.2, 0) is 12.8 Å². The number of hydrogen-bond donors (Lipinski definition) is 0. The number of hydrogen-bond acceptors (Lipinski definition) is 1. The summed E-state index contributed by atoms with van der Waals surface area (Å²) in [5.41, 5.74) is 4.71. The first-order chi connectivity index (χ1) is 16.2. The van der Waals surface area contributed by atoms with Gasteiger partial charge >= 0.3 is 0 Å². The van der Waals surface area contributed by atoms with Crippen LogP contribution in [0.25, 0.3) is 0 Å². The molecule has 1 aromatic carbocycles. The molecule has 1 aromatic rings. The van der Waals surface area contributed by atoms with E-state index in [9.17, 15) is 0 Å². The second-order valence-electron chi connectivity index (χ2n) is 10.7. The molecular formula is C32H59N. The predicted molar refractivity (Wildman–Crippen MR) is 152 cm³/mol. The Labute approximate surface area is 209 Å². The molecule has 0 fully saturated rings. The fraction of sp³-hybridized carbons (Fsp3) is 0.812. The average molecular weight is 458 g/mol. The molecular weight excluding hydrogens is 398 g/mol. The Hall–Kier alpha value is -0.980. The number of anilines is 1. The van der Waals surface area contributed by atoms with E-state index < -0.39 is 0 Å². The summed E-state index contributed by atoms with van der Waals surface area (Å²) in [5, 5.41) is 0. The summed E-state index contributed by atoms with van der Waals surface area (Å²) < 4.78 is 0. The zero-order chi connectivity index (χ0) is 24.0. The fourth-order valence-corrected chi connectivity index (χ4v) is 5.16. The lowest BCUT2D eigenvalue weighted by Crippen LogP contribution is -2.13. The molecule has 0 saturated heterocycles. The van der Waals surface area contributed by atoms with E-state index in [2.05, 4.69) is 51.0 Å². The molecule has 33 heavy (non-hydrogen) atoms. The molecule has 0 N–H and O–H groups in total. The maximum absolute atomic E-state index is 2.41. The number of benzene rings is 1. The number of nitrogens with zero attached hydrogens (tertiary/aromatic N) is 1. The monoisotopic (exact) mass is 457 g/mol. The van der Waals surface area contributed by atoms with Crippen LogP contribution in [0.2, 0.25) is 0 Å². The molecule has 192 valence electrons. The van der Waals surface area contributed by atoms with Gasteiger partial charge in [-0.2, -0.15) is 0 Å². The molecule has 0 bridgehead atoms. The molecule has 1 rings (SSSR count). The van der Waals surface area contributed by atoms with Crippen LogP contribution in [0.3, 0.4) is 0 Å². The van der Waals surface area contributed by atoms with Crippen molar-refractivity contribution in [2.45, 2.75) is 155 Å². The molecule has 0 atom stereocenters. The standard InChI is InChI=1S/C32H59N/c1-5-7-9-11-13-15-17-19-21-23-26-30-27-25-29-32(33(3)4)31(30)28-24-22-20-18-16-14-12-10-8-6-2/h25,27,29H,5-24,26,28H2,1-4H3. The molecule has 1 heteroatoms. The molecule has 0 spiro atoms. The third kappa shape index (κ3) is 15.5. The maximum Gasteiger partial charge on any atom is 0.0396 e. The Morgan fingerprint density at radius 3 is 1.30 bits per heavy atom.